The van der Waals surface area contributed by atoms with E-state index in [1.165, 1.54) is 12.1 Å². The molecule has 1 aliphatic rings. The quantitative estimate of drug-likeness (QED) is 0.748. The van der Waals surface area contributed by atoms with E-state index in [2.05, 4.69) is 5.32 Å². The first-order valence-corrected chi connectivity index (χ1v) is 7.93. The molecule has 2 rings (SSSR count). The topological polar surface area (TPSA) is 109 Å². The van der Waals surface area contributed by atoms with Gasteiger partial charge in [-0.1, -0.05) is 12.1 Å². The summed E-state index contributed by atoms with van der Waals surface area (Å²) in [6.45, 7) is 1.72. The van der Waals surface area contributed by atoms with E-state index < -0.39 is 27.6 Å². The SMILES string of the molecule is CC(NC(=O)C1(O)CCC1)c1cccc(S(N)(=O)=O)c1. The molecule has 1 aliphatic carbocycles. The summed E-state index contributed by atoms with van der Waals surface area (Å²) in [5.41, 5.74) is -0.654. The first-order valence-electron chi connectivity index (χ1n) is 6.38. The van der Waals surface area contributed by atoms with Gasteiger partial charge in [-0.3, -0.25) is 4.79 Å². The molecular formula is C13H18N2O4S. The third kappa shape index (κ3) is 3.00. The maximum Gasteiger partial charge on any atom is 0.252 e. The maximum atomic E-state index is 11.9. The van der Waals surface area contributed by atoms with Crippen molar-refractivity contribution in [3.8, 4) is 0 Å². The number of carbonyl (C=O) groups excluding carboxylic acids is 1. The molecule has 1 fully saturated rings. The first kappa shape index (κ1) is 15.0. The molecule has 1 amide bonds. The Labute approximate surface area is 118 Å². The Morgan fingerprint density at radius 3 is 2.60 bits per heavy atom. The number of nitrogens with one attached hydrogen (secondary N) is 1. The number of rotatable bonds is 4. The van der Waals surface area contributed by atoms with Crippen molar-refractivity contribution in [2.24, 2.45) is 5.14 Å². The summed E-state index contributed by atoms with van der Waals surface area (Å²) in [6.07, 6.45) is 1.75. The van der Waals surface area contributed by atoms with Crippen molar-refractivity contribution < 1.29 is 18.3 Å². The van der Waals surface area contributed by atoms with Gasteiger partial charge in [-0.05, 0) is 43.9 Å². The monoisotopic (exact) mass is 298 g/mol. The molecule has 0 saturated heterocycles. The zero-order valence-electron chi connectivity index (χ0n) is 11.2. The highest BCUT2D eigenvalue weighted by Crippen LogP contribution is 2.32. The Morgan fingerprint density at radius 1 is 1.45 bits per heavy atom. The van der Waals surface area contributed by atoms with Crippen molar-refractivity contribution in [2.45, 2.75) is 42.7 Å². The number of carbonyl (C=O) groups is 1. The number of benzene rings is 1. The van der Waals surface area contributed by atoms with Crippen molar-refractivity contribution >= 4 is 15.9 Å². The molecular weight excluding hydrogens is 280 g/mol. The van der Waals surface area contributed by atoms with Crippen LogP contribution in [0.4, 0.5) is 0 Å². The van der Waals surface area contributed by atoms with Crippen LogP contribution in [-0.4, -0.2) is 25.0 Å². The second-order valence-corrected chi connectivity index (χ2v) is 6.76. The second kappa shape index (κ2) is 5.16. The molecule has 1 aromatic rings. The van der Waals surface area contributed by atoms with Gasteiger partial charge in [0.05, 0.1) is 10.9 Å². The minimum atomic E-state index is -3.77. The Morgan fingerprint density at radius 2 is 2.10 bits per heavy atom. The van der Waals surface area contributed by atoms with Gasteiger partial charge in [0.2, 0.25) is 10.0 Å². The first-order chi connectivity index (χ1) is 9.22. The van der Waals surface area contributed by atoms with Gasteiger partial charge in [-0.15, -0.1) is 0 Å². The van der Waals surface area contributed by atoms with Gasteiger partial charge in [-0.2, -0.15) is 0 Å². The number of sulfonamides is 1. The summed E-state index contributed by atoms with van der Waals surface area (Å²) in [5.74, 6) is -0.419. The van der Waals surface area contributed by atoms with E-state index in [0.29, 0.717) is 18.4 Å². The van der Waals surface area contributed by atoms with Crippen LogP contribution < -0.4 is 10.5 Å². The van der Waals surface area contributed by atoms with Gasteiger partial charge < -0.3 is 10.4 Å². The number of nitrogens with two attached hydrogens (primary N) is 1. The molecule has 0 spiro atoms. The zero-order valence-corrected chi connectivity index (χ0v) is 12.0. The van der Waals surface area contributed by atoms with Crippen LogP contribution in [-0.2, 0) is 14.8 Å². The highest BCUT2D eigenvalue weighted by molar-refractivity contribution is 7.89. The van der Waals surface area contributed by atoms with Crippen molar-refractivity contribution in [2.75, 3.05) is 0 Å². The van der Waals surface area contributed by atoms with Gasteiger partial charge >= 0.3 is 0 Å². The summed E-state index contributed by atoms with van der Waals surface area (Å²) in [6, 6.07) is 5.67. The van der Waals surface area contributed by atoms with Crippen LogP contribution in [0.1, 0.15) is 37.8 Å². The lowest BCUT2D eigenvalue weighted by atomic mass is 9.79. The van der Waals surface area contributed by atoms with Gasteiger partial charge in [0.15, 0.2) is 0 Å². The number of hydrogen-bond donors (Lipinski definition) is 3. The molecule has 20 heavy (non-hydrogen) atoms. The summed E-state index contributed by atoms with van der Waals surface area (Å²) in [5, 5.41) is 17.7. The fourth-order valence-electron chi connectivity index (χ4n) is 2.11. The largest absolute Gasteiger partial charge is 0.380 e. The molecule has 4 N–H and O–H groups in total. The average Bonchev–Trinajstić information content (AvgIpc) is 2.34. The predicted octanol–water partition coefficient (Wildman–Crippen LogP) is 0.426. The van der Waals surface area contributed by atoms with Crippen molar-refractivity contribution in [1.82, 2.24) is 5.32 Å². The van der Waals surface area contributed by atoms with Crippen molar-refractivity contribution in [3.05, 3.63) is 29.8 Å². The number of primary sulfonamides is 1. The van der Waals surface area contributed by atoms with Crippen LogP contribution in [0.3, 0.4) is 0 Å². The fraction of sp³-hybridized carbons (Fsp3) is 0.462. The lowest BCUT2D eigenvalue weighted by Crippen LogP contribution is -2.52. The molecule has 110 valence electrons. The van der Waals surface area contributed by atoms with E-state index in [-0.39, 0.29) is 4.90 Å². The number of aliphatic hydroxyl groups is 1. The highest BCUT2D eigenvalue weighted by Gasteiger charge is 2.42. The molecule has 1 unspecified atom stereocenters. The molecule has 0 radical (unpaired) electrons. The van der Waals surface area contributed by atoms with Crippen LogP contribution in [0.15, 0.2) is 29.2 Å². The Balaban J connectivity index is 2.13. The average molecular weight is 298 g/mol. The van der Waals surface area contributed by atoms with Crippen LogP contribution in [0.5, 0.6) is 0 Å². The maximum absolute atomic E-state index is 11.9. The lowest BCUT2D eigenvalue weighted by Gasteiger charge is -2.35. The molecule has 1 atom stereocenters. The zero-order chi connectivity index (χ0) is 15.0. The summed E-state index contributed by atoms with van der Waals surface area (Å²) < 4.78 is 22.6. The van der Waals surface area contributed by atoms with Crippen LogP contribution >= 0.6 is 0 Å². The third-order valence-corrected chi connectivity index (χ3v) is 4.55. The van der Waals surface area contributed by atoms with E-state index in [4.69, 9.17) is 5.14 Å². The summed E-state index contributed by atoms with van der Waals surface area (Å²) in [4.78, 5) is 11.9. The Kier molecular flexibility index (Phi) is 3.86. The van der Waals surface area contributed by atoms with E-state index in [9.17, 15) is 18.3 Å². The highest BCUT2D eigenvalue weighted by atomic mass is 32.2. The van der Waals surface area contributed by atoms with Crippen LogP contribution in [0.25, 0.3) is 0 Å². The van der Waals surface area contributed by atoms with Gasteiger partial charge in [-0.25, -0.2) is 13.6 Å². The summed E-state index contributed by atoms with van der Waals surface area (Å²) >= 11 is 0. The summed E-state index contributed by atoms with van der Waals surface area (Å²) in [7, 11) is -3.77. The van der Waals surface area contributed by atoms with Crippen molar-refractivity contribution in [1.29, 1.82) is 0 Å². The molecule has 0 heterocycles. The lowest BCUT2D eigenvalue weighted by molar-refractivity contribution is -0.149. The molecule has 0 bridgehead atoms. The standard InChI is InChI=1S/C13H18N2O4S/c1-9(15-12(16)13(17)6-3-7-13)10-4-2-5-11(8-10)20(14,18)19/h2,4-5,8-9,17H,3,6-7H2,1H3,(H,15,16)(H2,14,18,19). The van der Waals surface area contributed by atoms with Gasteiger partial charge in [0.25, 0.3) is 5.91 Å². The Hall–Kier alpha value is -1.44. The molecule has 7 heteroatoms. The molecule has 6 nitrogen and oxygen atoms in total. The number of hydrogen-bond acceptors (Lipinski definition) is 4. The van der Waals surface area contributed by atoms with E-state index >= 15 is 0 Å². The van der Waals surface area contributed by atoms with Crippen molar-refractivity contribution in [3.63, 3.8) is 0 Å². The molecule has 0 aliphatic heterocycles. The van der Waals surface area contributed by atoms with Gasteiger partial charge in [0, 0.05) is 0 Å². The van der Waals surface area contributed by atoms with Crippen LogP contribution in [0, 0.1) is 0 Å². The molecule has 1 saturated carbocycles. The van der Waals surface area contributed by atoms with Gasteiger partial charge in [0.1, 0.15) is 5.60 Å². The Bertz CT molecular complexity index is 623. The molecule has 0 aromatic heterocycles. The van der Waals surface area contributed by atoms with E-state index in [1.54, 1.807) is 19.1 Å². The predicted molar refractivity (Wildman–Crippen MR) is 73.2 cm³/mol. The number of amides is 1. The minimum absolute atomic E-state index is 0.00143. The van der Waals surface area contributed by atoms with E-state index in [1.807, 2.05) is 0 Å². The third-order valence-electron chi connectivity index (χ3n) is 3.64. The molecule has 1 aromatic carbocycles. The normalized spacial score (nSPS) is 18.9. The minimum Gasteiger partial charge on any atom is -0.380 e. The smallest absolute Gasteiger partial charge is 0.252 e. The fourth-order valence-corrected chi connectivity index (χ4v) is 2.68. The second-order valence-electron chi connectivity index (χ2n) is 5.20. The van der Waals surface area contributed by atoms with Crippen LogP contribution in [0.2, 0.25) is 0 Å². The van der Waals surface area contributed by atoms with E-state index in [0.717, 1.165) is 6.42 Å².